The average molecular weight is 294 g/mol. The van der Waals surface area contributed by atoms with E-state index in [2.05, 4.69) is 20.6 Å². The fourth-order valence-corrected chi connectivity index (χ4v) is 2.50. The number of likely N-dealkylation sites (tertiary alicyclic amines) is 1. The van der Waals surface area contributed by atoms with Crippen LogP contribution in [0.1, 0.15) is 38.5 Å². The van der Waals surface area contributed by atoms with Crippen LogP contribution >= 0.6 is 0 Å². The van der Waals surface area contributed by atoms with Gasteiger partial charge in [-0.3, -0.25) is 9.59 Å². The van der Waals surface area contributed by atoms with Gasteiger partial charge in [-0.2, -0.15) is 0 Å². The second kappa shape index (κ2) is 8.35. The monoisotopic (exact) mass is 294 g/mol. The number of nitrogens with one attached hydrogen (secondary N) is 1. The lowest BCUT2D eigenvalue weighted by Gasteiger charge is -2.26. The van der Waals surface area contributed by atoms with Gasteiger partial charge in [-0.25, -0.2) is 5.43 Å². The summed E-state index contributed by atoms with van der Waals surface area (Å²) in [5.41, 5.74) is 2.33. The minimum atomic E-state index is -0.203. The summed E-state index contributed by atoms with van der Waals surface area (Å²) in [6.07, 6.45) is 9.44. The summed E-state index contributed by atoms with van der Waals surface area (Å²) in [5.74, 6) is -0.203. The summed E-state index contributed by atoms with van der Waals surface area (Å²) in [4.78, 5) is 26.3. The zero-order valence-electron chi connectivity index (χ0n) is 12.1. The van der Waals surface area contributed by atoms with E-state index < -0.39 is 0 Å². The lowest BCUT2D eigenvalue weighted by Crippen LogP contribution is -2.50. The van der Waals surface area contributed by atoms with Crippen LogP contribution in [0.2, 0.25) is 0 Å². The predicted octanol–water partition coefficient (Wildman–Crippen LogP) is 0.0599. The Kier molecular flexibility index (Phi) is 6.14. The van der Waals surface area contributed by atoms with E-state index in [1.165, 1.54) is 49.5 Å². The number of carbonyl (C=O) groups excluding carboxylic acids is 2. The Balaban J connectivity index is 1.70. The summed E-state index contributed by atoms with van der Waals surface area (Å²) in [6, 6.07) is 0. The van der Waals surface area contributed by atoms with Gasteiger partial charge in [0.2, 0.25) is 6.41 Å². The molecule has 2 heterocycles. The van der Waals surface area contributed by atoms with Gasteiger partial charge >= 0.3 is 0 Å². The molecule has 8 heteroatoms. The lowest BCUT2D eigenvalue weighted by molar-refractivity contribution is -0.123. The van der Waals surface area contributed by atoms with Crippen LogP contribution in [0.5, 0.6) is 0 Å². The van der Waals surface area contributed by atoms with Gasteiger partial charge in [-0.15, -0.1) is 15.0 Å². The largest absolute Gasteiger partial charge is 0.303 e. The molecule has 1 aliphatic rings. The maximum absolute atomic E-state index is 12.1. The summed E-state index contributed by atoms with van der Waals surface area (Å²) < 4.78 is 0. The molecule has 1 aromatic heterocycles. The first-order chi connectivity index (χ1) is 10.3. The minimum absolute atomic E-state index is 0.203. The van der Waals surface area contributed by atoms with Gasteiger partial charge in [0.15, 0.2) is 0 Å². The first-order valence-corrected chi connectivity index (χ1v) is 7.43. The van der Waals surface area contributed by atoms with Crippen molar-refractivity contribution in [3.8, 4) is 0 Å². The van der Waals surface area contributed by atoms with Gasteiger partial charge in [0.1, 0.15) is 0 Å². The van der Waals surface area contributed by atoms with E-state index in [-0.39, 0.29) is 5.91 Å². The van der Waals surface area contributed by atoms with E-state index in [0.717, 1.165) is 24.5 Å². The van der Waals surface area contributed by atoms with Gasteiger partial charge < -0.3 is 4.90 Å². The Morgan fingerprint density at radius 1 is 1.29 bits per heavy atom. The molecular weight excluding hydrogens is 272 g/mol. The fraction of sp³-hybridized carbons (Fsp3) is 0.692. The molecule has 0 saturated carbocycles. The molecule has 0 aromatic carbocycles. The summed E-state index contributed by atoms with van der Waals surface area (Å²) in [7, 11) is 0. The average Bonchev–Trinajstić information content (AvgIpc) is 3.04. The second-order valence-corrected chi connectivity index (χ2v) is 5.14. The molecule has 8 nitrogen and oxygen atoms in total. The second-order valence-electron chi connectivity index (χ2n) is 5.14. The molecule has 0 aliphatic carbocycles. The number of hydrogen-bond donors (Lipinski definition) is 1. The smallest absolute Gasteiger partial charge is 0.262 e. The number of rotatable bonds is 8. The number of carbonyl (C=O) groups is 2. The Labute approximate surface area is 124 Å². The van der Waals surface area contributed by atoms with Crippen molar-refractivity contribution in [3.05, 3.63) is 12.4 Å². The zero-order valence-corrected chi connectivity index (χ0v) is 12.1. The molecule has 1 aromatic rings. The van der Waals surface area contributed by atoms with Crippen molar-refractivity contribution in [1.82, 2.24) is 25.4 Å². The maximum Gasteiger partial charge on any atom is 0.262 e. The van der Waals surface area contributed by atoms with Crippen molar-refractivity contribution in [1.29, 1.82) is 0 Å². The van der Waals surface area contributed by atoms with Crippen molar-refractivity contribution < 1.29 is 9.59 Å². The highest BCUT2D eigenvalue weighted by atomic mass is 16.2. The molecular formula is C13H22N6O2. The summed E-state index contributed by atoms with van der Waals surface area (Å²) >= 11 is 0. The molecule has 2 rings (SSSR count). The zero-order chi connectivity index (χ0) is 14.9. The Hall–Kier alpha value is -1.96. The van der Waals surface area contributed by atoms with E-state index in [0.29, 0.717) is 12.8 Å². The van der Waals surface area contributed by atoms with Crippen LogP contribution in [0.25, 0.3) is 0 Å². The van der Waals surface area contributed by atoms with Crippen molar-refractivity contribution in [2.75, 3.05) is 24.8 Å². The van der Waals surface area contributed by atoms with Gasteiger partial charge in [0.05, 0.1) is 12.4 Å². The van der Waals surface area contributed by atoms with E-state index >= 15 is 0 Å². The first kappa shape index (κ1) is 15.4. The third-order valence-corrected chi connectivity index (χ3v) is 3.59. The van der Waals surface area contributed by atoms with Gasteiger partial charge in [0.25, 0.3) is 5.91 Å². The number of amides is 2. The Morgan fingerprint density at radius 3 is 2.76 bits per heavy atom. The molecule has 1 N–H and O–H groups in total. The number of aromatic nitrogens is 3. The van der Waals surface area contributed by atoms with E-state index in [4.69, 9.17) is 0 Å². The third kappa shape index (κ3) is 4.82. The standard InChI is InChI=1S/C13H22N6O2/c20-12-15-19(18-11-7-14-16-18)13(21)6-2-5-10-17-8-3-1-4-9-17/h7,11-12H,1-6,8-10H2,(H,15,20). The fourth-order valence-electron chi connectivity index (χ4n) is 2.50. The maximum atomic E-state index is 12.1. The highest BCUT2D eigenvalue weighted by molar-refractivity contribution is 5.86. The molecule has 0 unspecified atom stereocenters. The normalized spacial score (nSPS) is 15.6. The van der Waals surface area contributed by atoms with Crippen LogP contribution in [0, 0.1) is 0 Å². The third-order valence-electron chi connectivity index (χ3n) is 3.59. The first-order valence-electron chi connectivity index (χ1n) is 7.43. The molecule has 1 fully saturated rings. The highest BCUT2D eigenvalue weighted by Gasteiger charge is 2.16. The number of hydrogen-bond acceptors (Lipinski definition) is 5. The number of unbranched alkanes of at least 4 members (excludes halogenated alkanes) is 1. The minimum Gasteiger partial charge on any atom is -0.303 e. The molecule has 116 valence electrons. The lowest BCUT2D eigenvalue weighted by atomic mass is 10.1. The number of piperidine rings is 1. The quantitative estimate of drug-likeness (QED) is 0.416. The van der Waals surface area contributed by atoms with Crippen molar-refractivity contribution in [2.24, 2.45) is 0 Å². The molecule has 0 atom stereocenters. The molecule has 1 aliphatic heterocycles. The molecule has 0 spiro atoms. The van der Waals surface area contributed by atoms with Gasteiger partial charge in [-0.1, -0.05) is 6.42 Å². The van der Waals surface area contributed by atoms with Crippen LogP contribution in [-0.2, 0) is 9.59 Å². The van der Waals surface area contributed by atoms with Crippen molar-refractivity contribution >= 4 is 12.3 Å². The van der Waals surface area contributed by atoms with Crippen LogP contribution in [0.4, 0.5) is 0 Å². The van der Waals surface area contributed by atoms with Crippen molar-refractivity contribution in [2.45, 2.75) is 38.5 Å². The molecule has 2 amide bonds. The van der Waals surface area contributed by atoms with Crippen molar-refractivity contribution in [3.63, 3.8) is 0 Å². The molecule has 21 heavy (non-hydrogen) atoms. The molecule has 1 saturated heterocycles. The molecule has 0 radical (unpaired) electrons. The van der Waals surface area contributed by atoms with Crippen LogP contribution < -0.4 is 10.5 Å². The Bertz CT molecular complexity index is 430. The van der Waals surface area contributed by atoms with Crippen LogP contribution in [0.15, 0.2) is 12.4 Å². The summed E-state index contributed by atoms with van der Waals surface area (Å²) in [5, 5.41) is 8.39. The number of hydrazine groups is 1. The van der Waals surface area contributed by atoms with Gasteiger partial charge in [0, 0.05) is 6.42 Å². The highest BCUT2D eigenvalue weighted by Crippen LogP contribution is 2.10. The van der Waals surface area contributed by atoms with Crippen LogP contribution in [-0.4, -0.2) is 52.0 Å². The van der Waals surface area contributed by atoms with Gasteiger partial charge in [-0.05, 0) is 50.5 Å². The Morgan fingerprint density at radius 2 is 2.10 bits per heavy atom. The predicted molar refractivity (Wildman–Crippen MR) is 76.6 cm³/mol. The SMILES string of the molecule is O=CNN(C(=O)CCCCN1CCCCC1)n1ccnn1. The molecule has 0 bridgehead atoms. The van der Waals surface area contributed by atoms with E-state index in [1.807, 2.05) is 0 Å². The number of nitrogens with zero attached hydrogens (tertiary/aromatic N) is 5. The summed E-state index contributed by atoms with van der Waals surface area (Å²) in [6.45, 7) is 3.38. The van der Waals surface area contributed by atoms with E-state index in [1.54, 1.807) is 0 Å². The van der Waals surface area contributed by atoms with E-state index in [9.17, 15) is 9.59 Å². The topological polar surface area (TPSA) is 83.4 Å². The van der Waals surface area contributed by atoms with Crippen LogP contribution in [0.3, 0.4) is 0 Å².